The lowest BCUT2D eigenvalue weighted by Gasteiger charge is -2.34. The smallest absolute Gasteiger partial charge is 0.217 e. The first-order chi connectivity index (χ1) is 6.59. The van der Waals surface area contributed by atoms with Gasteiger partial charge in [-0.25, -0.2) is 0 Å². The van der Waals surface area contributed by atoms with E-state index in [1.807, 2.05) is 0 Å². The van der Waals surface area contributed by atoms with Gasteiger partial charge >= 0.3 is 0 Å². The summed E-state index contributed by atoms with van der Waals surface area (Å²) in [7, 11) is 0. The highest BCUT2D eigenvalue weighted by atomic mass is 16.1. The average molecular weight is 198 g/mol. The molecule has 0 radical (unpaired) electrons. The summed E-state index contributed by atoms with van der Waals surface area (Å²) in [4.78, 5) is 11.0. The van der Waals surface area contributed by atoms with E-state index >= 15 is 0 Å². The Bertz CT molecular complexity index is 192. The maximum atomic E-state index is 11.0. The average Bonchev–Trinajstić information content (AvgIpc) is 2.06. The molecule has 82 valence electrons. The topological polar surface area (TPSA) is 41.1 Å². The van der Waals surface area contributed by atoms with Crippen molar-refractivity contribution in [1.29, 1.82) is 0 Å². The van der Waals surface area contributed by atoms with E-state index in [0.29, 0.717) is 18.1 Å². The highest BCUT2D eigenvalue weighted by Gasteiger charge is 2.25. The first kappa shape index (κ1) is 11.5. The van der Waals surface area contributed by atoms with Crippen LogP contribution in [0.2, 0.25) is 0 Å². The molecule has 2 atom stereocenters. The van der Waals surface area contributed by atoms with Gasteiger partial charge in [-0.3, -0.25) is 4.79 Å². The molecule has 0 heterocycles. The summed E-state index contributed by atoms with van der Waals surface area (Å²) in [5, 5.41) is 6.56. The van der Waals surface area contributed by atoms with Gasteiger partial charge in [0.1, 0.15) is 0 Å². The Balaban J connectivity index is 2.45. The van der Waals surface area contributed by atoms with Crippen LogP contribution < -0.4 is 10.6 Å². The maximum Gasteiger partial charge on any atom is 0.217 e. The van der Waals surface area contributed by atoms with E-state index < -0.39 is 0 Å². The van der Waals surface area contributed by atoms with Crippen LogP contribution >= 0.6 is 0 Å². The number of hydrogen-bond acceptors (Lipinski definition) is 2. The van der Waals surface area contributed by atoms with Gasteiger partial charge in [0.05, 0.1) is 0 Å². The molecule has 3 heteroatoms. The Hall–Kier alpha value is -0.570. The normalized spacial score (nSPS) is 27.7. The Morgan fingerprint density at radius 1 is 1.21 bits per heavy atom. The second-order valence-corrected chi connectivity index (χ2v) is 4.52. The molecule has 1 saturated carbocycles. The highest BCUT2D eigenvalue weighted by Crippen LogP contribution is 2.18. The van der Waals surface area contributed by atoms with Crippen molar-refractivity contribution in [2.45, 2.75) is 64.6 Å². The van der Waals surface area contributed by atoms with Crippen molar-refractivity contribution in [2.75, 3.05) is 0 Å². The fourth-order valence-electron chi connectivity index (χ4n) is 2.19. The lowest BCUT2D eigenvalue weighted by molar-refractivity contribution is -0.120. The molecule has 1 amide bonds. The molecule has 0 saturated heterocycles. The van der Waals surface area contributed by atoms with Gasteiger partial charge in [-0.05, 0) is 12.8 Å². The second kappa shape index (κ2) is 5.35. The third-order valence-corrected chi connectivity index (χ3v) is 2.70. The summed E-state index contributed by atoms with van der Waals surface area (Å²) in [6.45, 7) is 5.90. The number of carbonyl (C=O) groups is 1. The molecule has 0 aromatic heterocycles. The van der Waals surface area contributed by atoms with Gasteiger partial charge in [-0.2, -0.15) is 0 Å². The van der Waals surface area contributed by atoms with E-state index in [1.54, 1.807) is 6.92 Å². The summed E-state index contributed by atoms with van der Waals surface area (Å²) < 4.78 is 0. The van der Waals surface area contributed by atoms with Crippen LogP contribution in [0.4, 0.5) is 0 Å². The van der Waals surface area contributed by atoms with Crippen LogP contribution in [0.5, 0.6) is 0 Å². The van der Waals surface area contributed by atoms with E-state index in [-0.39, 0.29) is 5.91 Å². The van der Waals surface area contributed by atoms with Gasteiger partial charge in [0.2, 0.25) is 5.91 Å². The van der Waals surface area contributed by atoms with Gasteiger partial charge in [0.15, 0.2) is 0 Å². The first-order valence-electron chi connectivity index (χ1n) is 5.62. The first-order valence-corrected chi connectivity index (χ1v) is 5.62. The number of hydrogen-bond donors (Lipinski definition) is 2. The SMILES string of the molecule is CC(=O)N[C@H]1CCCC[C@@H]1NC(C)C. The van der Waals surface area contributed by atoms with Crippen molar-refractivity contribution in [1.82, 2.24) is 10.6 Å². The number of amides is 1. The predicted octanol–water partition coefficient (Wildman–Crippen LogP) is 1.43. The van der Waals surface area contributed by atoms with Crippen LogP contribution in [-0.4, -0.2) is 24.0 Å². The minimum Gasteiger partial charge on any atom is -0.352 e. The minimum atomic E-state index is 0.0902. The molecule has 0 aromatic rings. The van der Waals surface area contributed by atoms with E-state index in [4.69, 9.17) is 0 Å². The van der Waals surface area contributed by atoms with Crippen LogP contribution in [0.15, 0.2) is 0 Å². The molecule has 1 aliphatic carbocycles. The Morgan fingerprint density at radius 3 is 2.29 bits per heavy atom. The standard InChI is InChI=1S/C11H22N2O/c1-8(2)12-10-6-4-5-7-11(10)13-9(3)14/h8,10-12H,4-7H2,1-3H3,(H,13,14)/t10-,11-/m0/s1. The quantitative estimate of drug-likeness (QED) is 0.720. The summed E-state index contributed by atoms with van der Waals surface area (Å²) in [6, 6.07) is 1.30. The number of rotatable bonds is 3. The molecule has 1 rings (SSSR count). The van der Waals surface area contributed by atoms with Crippen molar-refractivity contribution < 1.29 is 4.79 Å². The van der Waals surface area contributed by atoms with Crippen LogP contribution in [0, 0.1) is 0 Å². The zero-order valence-corrected chi connectivity index (χ0v) is 9.47. The molecule has 0 spiro atoms. The summed E-state index contributed by atoms with van der Waals surface area (Å²) in [6.07, 6.45) is 4.81. The number of carbonyl (C=O) groups excluding carboxylic acids is 1. The van der Waals surface area contributed by atoms with Gasteiger partial charge in [-0.15, -0.1) is 0 Å². The van der Waals surface area contributed by atoms with Crippen molar-refractivity contribution >= 4 is 5.91 Å². The molecule has 0 bridgehead atoms. The largest absolute Gasteiger partial charge is 0.352 e. The van der Waals surface area contributed by atoms with Crippen molar-refractivity contribution in [3.8, 4) is 0 Å². The Kier molecular flexibility index (Phi) is 4.39. The molecule has 3 nitrogen and oxygen atoms in total. The molecule has 1 fully saturated rings. The van der Waals surface area contributed by atoms with Crippen molar-refractivity contribution in [3.05, 3.63) is 0 Å². The fraction of sp³-hybridized carbons (Fsp3) is 0.909. The molecule has 2 N–H and O–H groups in total. The predicted molar refractivity (Wildman–Crippen MR) is 58.1 cm³/mol. The third kappa shape index (κ3) is 3.66. The molecular formula is C11H22N2O. The molecular weight excluding hydrogens is 176 g/mol. The van der Waals surface area contributed by atoms with Crippen LogP contribution in [0.25, 0.3) is 0 Å². The van der Waals surface area contributed by atoms with Gasteiger partial charge < -0.3 is 10.6 Å². The fourth-order valence-corrected chi connectivity index (χ4v) is 2.19. The Labute approximate surface area is 86.6 Å². The van der Waals surface area contributed by atoms with E-state index in [9.17, 15) is 4.79 Å². The van der Waals surface area contributed by atoms with E-state index in [1.165, 1.54) is 19.3 Å². The summed E-state index contributed by atoms with van der Waals surface area (Å²) in [5.41, 5.74) is 0. The second-order valence-electron chi connectivity index (χ2n) is 4.52. The molecule has 0 aliphatic heterocycles. The van der Waals surface area contributed by atoms with Crippen LogP contribution in [-0.2, 0) is 4.79 Å². The third-order valence-electron chi connectivity index (χ3n) is 2.70. The zero-order chi connectivity index (χ0) is 10.6. The molecule has 14 heavy (non-hydrogen) atoms. The lowest BCUT2D eigenvalue weighted by atomic mass is 9.90. The maximum absolute atomic E-state index is 11.0. The minimum absolute atomic E-state index is 0.0902. The molecule has 1 aliphatic rings. The van der Waals surface area contributed by atoms with Crippen molar-refractivity contribution in [2.24, 2.45) is 0 Å². The van der Waals surface area contributed by atoms with Gasteiger partial charge in [-0.1, -0.05) is 26.7 Å². The van der Waals surface area contributed by atoms with E-state index in [2.05, 4.69) is 24.5 Å². The van der Waals surface area contributed by atoms with Gasteiger partial charge in [0, 0.05) is 25.0 Å². The van der Waals surface area contributed by atoms with E-state index in [0.717, 1.165) is 6.42 Å². The number of nitrogens with one attached hydrogen (secondary N) is 2. The zero-order valence-electron chi connectivity index (χ0n) is 9.47. The lowest BCUT2D eigenvalue weighted by Crippen LogP contribution is -2.52. The Morgan fingerprint density at radius 2 is 1.79 bits per heavy atom. The molecule has 0 aromatic carbocycles. The van der Waals surface area contributed by atoms with Crippen molar-refractivity contribution in [3.63, 3.8) is 0 Å². The summed E-state index contributed by atoms with van der Waals surface area (Å²) >= 11 is 0. The highest BCUT2D eigenvalue weighted by molar-refractivity contribution is 5.73. The molecule has 0 unspecified atom stereocenters. The summed E-state index contributed by atoms with van der Waals surface area (Å²) in [5.74, 6) is 0.0902. The van der Waals surface area contributed by atoms with Crippen LogP contribution in [0.3, 0.4) is 0 Å². The van der Waals surface area contributed by atoms with Crippen LogP contribution in [0.1, 0.15) is 46.5 Å². The monoisotopic (exact) mass is 198 g/mol. The van der Waals surface area contributed by atoms with Gasteiger partial charge in [0.25, 0.3) is 0 Å².